The van der Waals surface area contributed by atoms with Crippen LogP contribution in [0.2, 0.25) is 0 Å². The number of amides is 1. The number of carbonyl (C=O) groups is 1. The summed E-state index contributed by atoms with van der Waals surface area (Å²) in [6, 6.07) is 14.1. The molecule has 0 saturated heterocycles. The summed E-state index contributed by atoms with van der Waals surface area (Å²) >= 11 is 1.21. The Morgan fingerprint density at radius 3 is 2.70 bits per heavy atom. The number of fused-ring (bicyclic) bond motifs is 2. The first kappa shape index (κ1) is 15.6. The van der Waals surface area contributed by atoms with Gasteiger partial charge in [-0.1, -0.05) is 47.7 Å². The molecule has 116 valence electrons. The molecule has 0 aliphatic rings. The van der Waals surface area contributed by atoms with Crippen molar-refractivity contribution < 1.29 is 4.79 Å². The van der Waals surface area contributed by atoms with Gasteiger partial charge in [-0.15, -0.1) is 6.58 Å². The highest BCUT2D eigenvalue weighted by atomic mass is 32.2. The molecule has 23 heavy (non-hydrogen) atoms. The minimum absolute atomic E-state index is 0.00376. The van der Waals surface area contributed by atoms with Gasteiger partial charge in [0.25, 0.3) is 5.24 Å². The van der Waals surface area contributed by atoms with E-state index in [-0.39, 0.29) is 5.24 Å². The number of aryl methyl sites for hydroxylation is 1. The molecule has 1 amide bonds. The highest BCUT2D eigenvalue weighted by Gasteiger charge is 2.20. The summed E-state index contributed by atoms with van der Waals surface area (Å²) in [5, 5.41) is 1.98. The highest BCUT2D eigenvalue weighted by Crippen LogP contribution is 2.35. The van der Waals surface area contributed by atoms with Crippen molar-refractivity contribution in [2.45, 2.75) is 6.92 Å². The molecule has 0 saturated carbocycles. The van der Waals surface area contributed by atoms with Crippen LogP contribution >= 0.6 is 11.8 Å². The number of rotatable bonds is 3. The summed E-state index contributed by atoms with van der Waals surface area (Å²) in [5.74, 6) is 0. The van der Waals surface area contributed by atoms with Gasteiger partial charge in [0.05, 0.1) is 16.7 Å². The maximum Gasteiger partial charge on any atom is 0.286 e. The summed E-state index contributed by atoms with van der Waals surface area (Å²) in [4.78, 5) is 19.0. The number of anilines is 1. The van der Waals surface area contributed by atoms with Gasteiger partial charge in [-0.2, -0.15) is 0 Å². The van der Waals surface area contributed by atoms with Crippen LogP contribution < -0.4 is 4.90 Å². The minimum atomic E-state index is 0.00376. The van der Waals surface area contributed by atoms with Crippen LogP contribution in [0, 0.1) is 6.92 Å². The molecule has 3 aromatic rings. The lowest BCUT2D eigenvalue weighted by Crippen LogP contribution is -2.27. The summed E-state index contributed by atoms with van der Waals surface area (Å²) in [5.41, 5.74) is 3.84. The van der Waals surface area contributed by atoms with Crippen molar-refractivity contribution in [2.75, 3.05) is 17.7 Å². The van der Waals surface area contributed by atoms with E-state index >= 15 is 0 Å². The van der Waals surface area contributed by atoms with Crippen molar-refractivity contribution in [3.63, 3.8) is 0 Å². The second-order valence-electron chi connectivity index (χ2n) is 5.37. The van der Waals surface area contributed by atoms with Gasteiger partial charge in [0.2, 0.25) is 0 Å². The number of thioether (sulfide) groups is 1. The Bertz CT molecular complexity index is 904. The fourth-order valence-electron chi connectivity index (χ4n) is 2.77. The summed E-state index contributed by atoms with van der Waals surface area (Å²) in [7, 11) is 0. The van der Waals surface area contributed by atoms with E-state index < -0.39 is 0 Å². The highest BCUT2D eigenvalue weighted by molar-refractivity contribution is 8.13. The van der Waals surface area contributed by atoms with E-state index in [9.17, 15) is 4.79 Å². The number of nitrogens with zero attached hydrogens (tertiary/aromatic N) is 2. The Morgan fingerprint density at radius 2 is 1.96 bits per heavy atom. The lowest BCUT2D eigenvalue weighted by molar-refractivity contribution is 0.265. The number of pyridine rings is 1. The van der Waals surface area contributed by atoms with Crippen molar-refractivity contribution in [1.82, 2.24) is 4.98 Å². The van der Waals surface area contributed by atoms with E-state index in [0.717, 1.165) is 33.1 Å². The fraction of sp³-hybridized carbons (Fsp3) is 0.158. The minimum Gasteiger partial charge on any atom is -0.298 e. The Morgan fingerprint density at radius 1 is 1.22 bits per heavy atom. The molecule has 0 aliphatic carbocycles. The number of carbonyl (C=O) groups excluding carboxylic acids is 1. The second-order valence-corrected chi connectivity index (χ2v) is 6.12. The topological polar surface area (TPSA) is 33.2 Å². The van der Waals surface area contributed by atoms with Gasteiger partial charge < -0.3 is 0 Å². The van der Waals surface area contributed by atoms with Crippen molar-refractivity contribution in [3.8, 4) is 0 Å². The Labute approximate surface area is 140 Å². The summed E-state index contributed by atoms with van der Waals surface area (Å²) < 4.78 is 0. The van der Waals surface area contributed by atoms with Crippen LogP contribution in [0.1, 0.15) is 5.56 Å². The third-order valence-corrected chi connectivity index (χ3v) is 4.35. The molecule has 0 atom stereocenters. The molecule has 0 unspecified atom stereocenters. The molecule has 3 rings (SSSR count). The number of benzene rings is 2. The van der Waals surface area contributed by atoms with Crippen molar-refractivity contribution >= 4 is 44.5 Å². The molecule has 0 fully saturated rings. The van der Waals surface area contributed by atoms with Crippen molar-refractivity contribution in [1.29, 1.82) is 0 Å². The van der Waals surface area contributed by atoms with Gasteiger partial charge in [0.15, 0.2) is 0 Å². The number of hydrogen-bond donors (Lipinski definition) is 0. The maximum atomic E-state index is 12.5. The largest absolute Gasteiger partial charge is 0.298 e. The molecule has 0 bridgehead atoms. The second kappa shape index (κ2) is 6.42. The van der Waals surface area contributed by atoms with Crippen LogP contribution in [0.15, 0.2) is 55.1 Å². The number of para-hydroxylation sites is 1. The van der Waals surface area contributed by atoms with Crippen LogP contribution in [0.25, 0.3) is 21.8 Å². The van der Waals surface area contributed by atoms with Gasteiger partial charge in [0, 0.05) is 17.3 Å². The maximum absolute atomic E-state index is 12.5. The first-order valence-electron chi connectivity index (χ1n) is 7.41. The van der Waals surface area contributed by atoms with Gasteiger partial charge in [-0.05, 0) is 31.4 Å². The van der Waals surface area contributed by atoms with Gasteiger partial charge in [-0.3, -0.25) is 9.69 Å². The smallest absolute Gasteiger partial charge is 0.286 e. The molecule has 2 aromatic carbocycles. The van der Waals surface area contributed by atoms with Crippen LogP contribution in [0.5, 0.6) is 0 Å². The van der Waals surface area contributed by atoms with E-state index in [4.69, 9.17) is 4.98 Å². The monoisotopic (exact) mass is 322 g/mol. The van der Waals surface area contributed by atoms with Crippen LogP contribution in [-0.2, 0) is 0 Å². The van der Waals surface area contributed by atoms with Crippen molar-refractivity contribution in [3.05, 3.63) is 60.7 Å². The van der Waals surface area contributed by atoms with Crippen LogP contribution in [0.3, 0.4) is 0 Å². The Kier molecular flexibility index (Phi) is 4.35. The Balaban J connectivity index is 2.43. The lowest BCUT2D eigenvalue weighted by atomic mass is 10.0. The molecule has 0 N–H and O–H groups in total. The molecule has 0 radical (unpaired) electrons. The van der Waals surface area contributed by atoms with E-state index in [1.54, 1.807) is 17.2 Å². The van der Waals surface area contributed by atoms with Crippen LogP contribution in [0.4, 0.5) is 10.5 Å². The number of aromatic nitrogens is 1. The molecule has 0 spiro atoms. The molecular formula is C19H18N2OS. The predicted molar refractivity (Wildman–Crippen MR) is 100 cm³/mol. The molecule has 0 aliphatic heterocycles. The van der Waals surface area contributed by atoms with Crippen molar-refractivity contribution in [2.24, 2.45) is 0 Å². The SMILES string of the molecule is C=CCN(C(=O)SC)c1c2ccccc2nc2ccc(C)cc12. The van der Waals surface area contributed by atoms with Gasteiger partial charge in [-0.25, -0.2) is 4.98 Å². The molecule has 3 nitrogen and oxygen atoms in total. The summed E-state index contributed by atoms with van der Waals surface area (Å²) in [6.07, 6.45) is 3.56. The zero-order chi connectivity index (χ0) is 16.4. The first-order chi connectivity index (χ1) is 11.2. The zero-order valence-electron chi connectivity index (χ0n) is 13.2. The zero-order valence-corrected chi connectivity index (χ0v) is 14.1. The van der Waals surface area contributed by atoms with Gasteiger partial charge in [0.1, 0.15) is 0 Å². The number of hydrogen-bond acceptors (Lipinski definition) is 3. The van der Waals surface area contributed by atoms with Gasteiger partial charge >= 0.3 is 0 Å². The molecular weight excluding hydrogens is 304 g/mol. The lowest BCUT2D eigenvalue weighted by Gasteiger charge is -2.23. The van der Waals surface area contributed by atoms with E-state index in [1.807, 2.05) is 43.3 Å². The summed E-state index contributed by atoms with van der Waals surface area (Å²) in [6.45, 7) is 6.32. The normalized spacial score (nSPS) is 10.9. The fourth-order valence-corrected chi connectivity index (χ4v) is 3.16. The van der Waals surface area contributed by atoms with E-state index in [2.05, 4.69) is 12.6 Å². The standard InChI is InChI=1S/C19H18N2OS/c1-4-11-21(19(22)23-3)18-14-7-5-6-8-16(14)20-17-10-9-13(2)12-15(17)18/h4-10,12H,1,11H2,2-3H3. The average molecular weight is 322 g/mol. The molecule has 1 aromatic heterocycles. The predicted octanol–water partition coefficient (Wildman–Crippen LogP) is 5.17. The third kappa shape index (κ3) is 2.82. The van der Waals surface area contributed by atoms with Crippen LogP contribution in [-0.4, -0.2) is 23.0 Å². The first-order valence-corrected chi connectivity index (χ1v) is 8.63. The quantitative estimate of drug-likeness (QED) is 0.492. The van der Waals surface area contributed by atoms with E-state index in [1.165, 1.54) is 11.8 Å². The third-order valence-electron chi connectivity index (χ3n) is 3.78. The molecule has 4 heteroatoms. The average Bonchev–Trinajstić information content (AvgIpc) is 2.57. The Hall–Kier alpha value is -2.33. The molecule has 1 heterocycles. The van der Waals surface area contributed by atoms with E-state index in [0.29, 0.717) is 6.54 Å².